The molecule has 0 aliphatic rings. The van der Waals surface area contributed by atoms with Gasteiger partial charge in [-0.05, 0) is 38.6 Å². The Labute approximate surface area is 126 Å². The molecule has 0 saturated heterocycles. The van der Waals surface area contributed by atoms with Crippen LogP contribution in [-0.2, 0) is 4.79 Å². The molecule has 1 aromatic carbocycles. The Bertz CT molecular complexity index is 451. The minimum absolute atomic E-state index is 0.0118. The molecule has 1 amide bonds. The quantitative estimate of drug-likeness (QED) is 0.759. The Morgan fingerprint density at radius 2 is 2.20 bits per heavy atom. The smallest absolute Gasteiger partial charge is 0.225 e. The fourth-order valence-corrected chi connectivity index (χ4v) is 2.10. The van der Waals surface area contributed by atoms with Crippen LogP contribution in [0.15, 0.2) is 18.2 Å². The number of nitrogen functional groups attached to an aromatic ring is 1. The molecule has 5 heteroatoms. The van der Waals surface area contributed by atoms with Crippen molar-refractivity contribution in [3.8, 4) is 0 Å². The third-order valence-electron chi connectivity index (χ3n) is 3.43. The van der Waals surface area contributed by atoms with Crippen LogP contribution in [0.25, 0.3) is 0 Å². The number of benzene rings is 1. The van der Waals surface area contributed by atoms with E-state index >= 15 is 0 Å². The van der Waals surface area contributed by atoms with Crippen LogP contribution in [0.5, 0.6) is 0 Å². The zero-order valence-corrected chi connectivity index (χ0v) is 13.2. The van der Waals surface area contributed by atoms with Gasteiger partial charge in [-0.15, -0.1) is 0 Å². The first kappa shape index (κ1) is 16.8. The van der Waals surface area contributed by atoms with E-state index in [1.807, 2.05) is 7.05 Å². The first-order valence-corrected chi connectivity index (χ1v) is 7.37. The molecule has 1 aromatic rings. The minimum atomic E-state index is -0.0118. The number of hydrogen-bond acceptors (Lipinski definition) is 3. The maximum atomic E-state index is 11.9. The molecular formula is C15H24ClN3O. The van der Waals surface area contributed by atoms with E-state index in [1.54, 1.807) is 18.2 Å². The van der Waals surface area contributed by atoms with Gasteiger partial charge in [0, 0.05) is 24.7 Å². The number of anilines is 2. The standard InChI is InChI=1S/C15H24ClN3O/c1-4-5-11(2)19(3)9-8-15(20)18-12-6-7-13(16)14(17)10-12/h6-7,10-11H,4-5,8-9,17H2,1-3H3,(H,18,20). The number of hydrogen-bond donors (Lipinski definition) is 2. The van der Waals surface area contributed by atoms with Gasteiger partial charge in [0.15, 0.2) is 0 Å². The lowest BCUT2D eigenvalue weighted by molar-refractivity contribution is -0.116. The summed E-state index contributed by atoms with van der Waals surface area (Å²) in [6.07, 6.45) is 2.76. The van der Waals surface area contributed by atoms with E-state index in [4.69, 9.17) is 17.3 Å². The molecule has 1 unspecified atom stereocenters. The Balaban J connectivity index is 2.41. The van der Waals surface area contributed by atoms with Crippen LogP contribution in [0.4, 0.5) is 11.4 Å². The fraction of sp³-hybridized carbons (Fsp3) is 0.533. The van der Waals surface area contributed by atoms with E-state index in [0.29, 0.717) is 28.9 Å². The Morgan fingerprint density at radius 3 is 2.80 bits per heavy atom. The number of carbonyl (C=O) groups is 1. The number of halogens is 1. The number of nitrogens with two attached hydrogens (primary N) is 1. The van der Waals surface area contributed by atoms with E-state index in [0.717, 1.165) is 19.4 Å². The number of nitrogens with one attached hydrogen (secondary N) is 1. The monoisotopic (exact) mass is 297 g/mol. The zero-order valence-electron chi connectivity index (χ0n) is 12.4. The molecule has 1 atom stereocenters. The Morgan fingerprint density at radius 1 is 1.50 bits per heavy atom. The van der Waals surface area contributed by atoms with E-state index < -0.39 is 0 Å². The summed E-state index contributed by atoms with van der Waals surface area (Å²) in [4.78, 5) is 14.1. The molecule has 0 radical (unpaired) electrons. The van der Waals surface area contributed by atoms with Crippen LogP contribution in [-0.4, -0.2) is 30.4 Å². The lowest BCUT2D eigenvalue weighted by Gasteiger charge is -2.23. The summed E-state index contributed by atoms with van der Waals surface area (Å²) in [6, 6.07) is 5.60. The number of carbonyl (C=O) groups excluding carboxylic acids is 1. The molecule has 20 heavy (non-hydrogen) atoms. The van der Waals surface area contributed by atoms with E-state index in [2.05, 4.69) is 24.1 Å². The van der Waals surface area contributed by atoms with Gasteiger partial charge in [0.25, 0.3) is 0 Å². The molecule has 3 N–H and O–H groups in total. The molecule has 0 aliphatic heterocycles. The second-order valence-corrected chi connectivity index (χ2v) is 5.56. The van der Waals surface area contributed by atoms with E-state index in [-0.39, 0.29) is 5.91 Å². The summed E-state index contributed by atoms with van der Waals surface area (Å²) < 4.78 is 0. The van der Waals surface area contributed by atoms with Crippen molar-refractivity contribution in [1.82, 2.24) is 4.90 Å². The molecule has 0 aliphatic carbocycles. The summed E-state index contributed by atoms with van der Waals surface area (Å²) in [5.41, 5.74) is 6.85. The van der Waals surface area contributed by atoms with Gasteiger partial charge in [-0.25, -0.2) is 0 Å². The third kappa shape index (κ3) is 5.39. The topological polar surface area (TPSA) is 58.4 Å². The summed E-state index contributed by atoms with van der Waals surface area (Å²) in [5.74, 6) is -0.0118. The second kappa shape index (κ2) is 8.12. The molecule has 1 rings (SSSR count). The number of amides is 1. The molecule has 112 valence electrons. The lowest BCUT2D eigenvalue weighted by atomic mass is 10.1. The maximum absolute atomic E-state index is 11.9. The van der Waals surface area contributed by atoms with Gasteiger partial charge in [0.05, 0.1) is 10.7 Å². The summed E-state index contributed by atoms with van der Waals surface area (Å²) >= 11 is 5.84. The number of rotatable bonds is 7. The molecule has 0 fully saturated rings. The molecule has 0 spiro atoms. The summed E-state index contributed by atoms with van der Waals surface area (Å²) in [6.45, 7) is 5.10. The molecule has 0 saturated carbocycles. The van der Waals surface area contributed by atoms with Crippen LogP contribution < -0.4 is 11.1 Å². The van der Waals surface area contributed by atoms with Crippen LogP contribution in [0, 0.1) is 0 Å². The van der Waals surface area contributed by atoms with Crippen molar-refractivity contribution in [1.29, 1.82) is 0 Å². The average molecular weight is 298 g/mol. The molecular weight excluding hydrogens is 274 g/mol. The van der Waals surface area contributed by atoms with Gasteiger partial charge >= 0.3 is 0 Å². The zero-order chi connectivity index (χ0) is 15.1. The third-order valence-corrected chi connectivity index (χ3v) is 3.77. The van der Waals surface area contributed by atoms with Crippen LogP contribution in [0.2, 0.25) is 5.02 Å². The molecule has 4 nitrogen and oxygen atoms in total. The normalized spacial score (nSPS) is 12.4. The summed E-state index contributed by atoms with van der Waals surface area (Å²) in [7, 11) is 2.05. The van der Waals surface area contributed by atoms with Gasteiger partial charge in [0.1, 0.15) is 0 Å². The fourth-order valence-electron chi connectivity index (χ4n) is 1.98. The molecule has 0 bridgehead atoms. The predicted octanol–water partition coefficient (Wildman–Crippen LogP) is 3.37. The minimum Gasteiger partial charge on any atom is -0.397 e. The summed E-state index contributed by atoms with van der Waals surface area (Å²) in [5, 5.41) is 3.33. The predicted molar refractivity (Wildman–Crippen MR) is 86.1 cm³/mol. The van der Waals surface area contributed by atoms with Crippen molar-refractivity contribution in [2.45, 2.75) is 39.2 Å². The average Bonchev–Trinajstić information content (AvgIpc) is 2.40. The highest BCUT2D eigenvalue weighted by molar-refractivity contribution is 6.33. The van der Waals surface area contributed by atoms with Gasteiger partial charge in [-0.2, -0.15) is 0 Å². The van der Waals surface area contributed by atoms with Crippen molar-refractivity contribution < 1.29 is 4.79 Å². The van der Waals surface area contributed by atoms with Gasteiger partial charge in [-0.3, -0.25) is 4.79 Å². The highest BCUT2D eigenvalue weighted by Gasteiger charge is 2.10. The van der Waals surface area contributed by atoms with Crippen molar-refractivity contribution in [3.63, 3.8) is 0 Å². The second-order valence-electron chi connectivity index (χ2n) is 5.15. The first-order valence-electron chi connectivity index (χ1n) is 6.99. The van der Waals surface area contributed by atoms with Crippen LogP contribution >= 0.6 is 11.6 Å². The van der Waals surface area contributed by atoms with Gasteiger partial charge in [-0.1, -0.05) is 24.9 Å². The van der Waals surface area contributed by atoms with Crippen molar-refractivity contribution >= 4 is 28.9 Å². The maximum Gasteiger partial charge on any atom is 0.225 e. The first-order chi connectivity index (χ1) is 9.43. The Kier molecular flexibility index (Phi) is 6.82. The van der Waals surface area contributed by atoms with Crippen molar-refractivity contribution in [2.24, 2.45) is 0 Å². The van der Waals surface area contributed by atoms with Crippen LogP contribution in [0.3, 0.4) is 0 Å². The molecule has 0 heterocycles. The van der Waals surface area contributed by atoms with Crippen LogP contribution in [0.1, 0.15) is 33.1 Å². The molecule has 0 aromatic heterocycles. The van der Waals surface area contributed by atoms with Crippen molar-refractivity contribution in [3.05, 3.63) is 23.2 Å². The SMILES string of the molecule is CCCC(C)N(C)CCC(=O)Nc1ccc(Cl)c(N)c1. The van der Waals surface area contributed by atoms with Gasteiger partial charge in [0.2, 0.25) is 5.91 Å². The van der Waals surface area contributed by atoms with Gasteiger partial charge < -0.3 is 16.0 Å². The Hall–Kier alpha value is -1.26. The lowest BCUT2D eigenvalue weighted by Crippen LogP contribution is -2.31. The largest absolute Gasteiger partial charge is 0.397 e. The van der Waals surface area contributed by atoms with E-state index in [1.165, 1.54) is 0 Å². The highest BCUT2D eigenvalue weighted by Crippen LogP contribution is 2.22. The van der Waals surface area contributed by atoms with E-state index in [9.17, 15) is 4.79 Å². The van der Waals surface area contributed by atoms with Crippen molar-refractivity contribution in [2.75, 3.05) is 24.6 Å². The highest BCUT2D eigenvalue weighted by atomic mass is 35.5. The number of nitrogens with zero attached hydrogens (tertiary/aromatic N) is 1.